The molecule has 0 aromatic carbocycles. The van der Waals surface area contributed by atoms with Crippen LogP contribution in [0, 0.1) is 0 Å². The molecule has 5 unspecified atom stereocenters. The molecule has 19 heteroatoms. The molecule has 5 atom stereocenters. The summed E-state index contributed by atoms with van der Waals surface area (Å²) in [7, 11) is -9.95. The molecule has 0 aromatic heterocycles. The van der Waals surface area contributed by atoms with Gasteiger partial charge in [-0.3, -0.25) is 37.3 Å². The van der Waals surface area contributed by atoms with E-state index in [2.05, 4.69) is 125 Å². The number of hydrogen-bond acceptors (Lipinski definition) is 15. The zero-order valence-corrected chi connectivity index (χ0v) is 62.1. The van der Waals surface area contributed by atoms with Crippen LogP contribution < -0.4 is 0 Å². The van der Waals surface area contributed by atoms with E-state index in [0.717, 1.165) is 205 Å². The number of unbranched alkanes of at least 4 members (excludes halogenated alkanes) is 28. The first-order valence-electron chi connectivity index (χ1n) is 37.5. The Labute approximate surface area is 582 Å². The number of rotatable bonds is 70. The van der Waals surface area contributed by atoms with Gasteiger partial charge >= 0.3 is 39.5 Å². The molecule has 17 nitrogen and oxygen atoms in total. The zero-order valence-electron chi connectivity index (χ0n) is 60.3. The van der Waals surface area contributed by atoms with E-state index in [1.807, 2.05) is 0 Å². The molecule has 0 aromatic rings. The largest absolute Gasteiger partial charge is 0.472 e. The Bertz CT molecular complexity index is 2200. The van der Waals surface area contributed by atoms with Gasteiger partial charge in [-0.1, -0.05) is 247 Å². The summed E-state index contributed by atoms with van der Waals surface area (Å²) in [5, 5.41) is 10.6. The number of allylic oxidation sites excluding steroid dienone is 16. The summed E-state index contributed by atoms with van der Waals surface area (Å²) in [5.41, 5.74) is 0. The maximum Gasteiger partial charge on any atom is 0.472 e. The average Bonchev–Trinajstić information content (AvgIpc) is 3.12. The van der Waals surface area contributed by atoms with Gasteiger partial charge in [-0.2, -0.15) is 0 Å². The van der Waals surface area contributed by atoms with Crippen LogP contribution >= 0.6 is 15.6 Å². The molecule has 0 spiro atoms. The topological polar surface area (TPSA) is 237 Å². The van der Waals surface area contributed by atoms with Gasteiger partial charge in [0.2, 0.25) is 0 Å². The van der Waals surface area contributed by atoms with Crippen LogP contribution in [0.25, 0.3) is 0 Å². The second-order valence-electron chi connectivity index (χ2n) is 24.8. The van der Waals surface area contributed by atoms with Crippen molar-refractivity contribution in [3.05, 3.63) is 97.2 Å². The standard InChI is InChI=1S/C77H134O17P2/c1-5-9-13-17-21-25-29-33-34-35-36-40-42-46-50-54-58-62-75(80)88-68-73(94-77(82)64-60-56-52-48-44-39-32-28-24-20-16-12-8-4)70-92-96(85,86)90-66-71(78)65-89-95(83,84)91-69-72(93-76(81)63-59-55-51-47-43-38-31-27-23-19-15-11-7-3)67-87-74(79)61-57-53-49-45-41-37-30-26-22-18-14-10-6-2/h9,13-15,18-19,21,25-28,30-34,71-73,78H,5-8,10-12,16-17,20,22-24,29,35-70H2,1-4H3,(H,83,84)(H,85,86)/b13-9-,18-14-,19-15-,25-21-,30-26-,31-27-,32-28-,34-33-. The molecule has 0 saturated heterocycles. The predicted molar refractivity (Wildman–Crippen MR) is 390 cm³/mol. The summed E-state index contributed by atoms with van der Waals surface area (Å²) < 4.78 is 68.4. The molecular weight excluding hydrogens is 1260 g/mol. The number of aliphatic hydroxyl groups is 1. The molecule has 0 aliphatic rings. The van der Waals surface area contributed by atoms with Gasteiger partial charge in [0.15, 0.2) is 12.2 Å². The lowest BCUT2D eigenvalue weighted by molar-refractivity contribution is -0.161. The molecular formula is C77H134O17P2. The van der Waals surface area contributed by atoms with Crippen LogP contribution in [0.5, 0.6) is 0 Å². The molecule has 0 heterocycles. The number of esters is 4. The van der Waals surface area contributed by atoms with E-state index in [0.29, 0.717) is 25.7 Å². The van der Waals surface area contributed by atoms with E-state index in [4.69, 9.17) is 37.0 Å². The summed E-state index contributed by atoms with van der Waals surface area (Å²) in [6, 6.07) is 0. The van der Waals surface area contributed by atoms with Crippen molar-refractivity contribution in [2.75, 3.05) is 39.6 Å². The van der Waals surface area contributed by atoms with Crippen LogP contribution in [0.2, 0.25) is 0 Å². The van der Waals surface area contributed by atoms with Crippen molar-refractivity contribution in [1.82, 2.24) is 0 Å². The number of carbonyl (C=O) groups is 4. The van der Waals surface area contributed by atoms with Crippen molar-refractivity contribution < 1.29 is 80.2 Å². The van der Waals surface area contributed by atoms with Gasteiger partial charge in [-0.25, -0.2) is 9.13 Å². The van der Waals surface area contributed by atoms with Crippen LogP contribution in [0.1, 0.15) is 310 Å². The van der Waals surface area contributed by atoms with Crippen LogP contribution in [-0.4, -0.2) is 96.7 Å². The molecule has 0 rings (SSSR count). The number of hydrogen-bond donors (Lipinski definition) is 3. The van der Waals surface area contributed by atoms with E-state index in [1.165, 1.54) is 25.7 Å². The fourth-order valence-corrected chi connectivity index (χ4v) is 11.4. The van der Waals surface area contributed by atoms with Crippen molar-refractivity contribution in [3.63, 3.8) is 0 Å². The third kappa shape index (κ3) is 68.5. The minimum absolute atomic E-state index is 0.0756. The Kier molecular flexibility index (Phi) is 66.6. The van der Waals surface area contributed by atoms with E-state index >= 15 is 0 Å². The third-order valence-electron chi connectivity index (χ3n) is 15.5. The SMILES string of the molecule is CC/C=C\C/C=C\C/C=C\CCCCCCCCCC(=O)OCC(COP(=O)(O)OCC(O)COP(=O)(O)OCC(COC(=O)CCCCCCC/C=C\C/C=C\CCC)OC(=O)CCCCCCC/C=C\C/C=C\CCC)OC(=O)CCCCCCC/C=C\CCCCCC. The third-order valence-corrected chi connectivity index (χ3v) is 17.4. The fraction of sp³-hybridized carbons (Fsp3) is 0.740. The Balaban J connectivity index is 5.34. The highest BCUT2D eigenvalue weighted by Gasteiger charge is 2.30. The minimum Gasteiger partial charge on any atom is -0.462 e. The summed E-state index contributed by atoms with van der Waals surface area (Å²) in [5.74, 6) is -2.22. The Hall–Kier alpha value is -4.02. The van der Waals surface area contributed by atoms with Gasteiger partial charge in [0.25, 0.3) is 0 Å². The number of phosphoric ester groups is 2. The quantitative estimate of drug-likeness (QED) is 0.0169. The number of ether oxygens (including phenoxy) is 4. The van der Waals surface area contributed by atoms with Gasteiger partial charge in [0, 0.05) is 25.7 Å². The predicted octanol–water partition coefficient (Wildman–Crippen LogP) is 21.2. The molecule has 554 valence electrons. The highest BCUT2D eigenvalue weighted by Crippen LogP contribution is 2.45. The van der Waals surface area contributed by atoms with E-state index in [1.54, 1.807) is 0 Å². The van der Waals surface area contributed by atoms with Crippen LogP contribution in [-0.2, 0) is 65.4 Å². The van der Waals surface area contributed by atoms with Crippen LogP contribution in [0.4, 0.5) is 0 Å². The van der Waals surface area contributed by atoms with Gasteiger partial charge in [0.05, 0.1) is 26.4 Å². The molecule has 0 aliphatic carbocycles. The average molecular weight is 1390 g/mol. The highest BCUT2D eigenvalue weighted by atomic mass is 31.2. The van der Waals surface area contributed by atoms with Crippen LogP contribution in [0.15, 0.2) is 97.2 Å². The zero-order chi connectivity index (χ0) is 70.4. The molecule has 96 heavy (non-hydrogen) atoms. The van der Waals surface area contributed by atoms with E-state index in [9.17, 15) is 43.2 Å². The van der Waals surface area contributed by atoms with Gasteiger partial charge in [-0.05, 0) is 135 Å². The van der Waals surface area contributed by atoms with Crippen LogP contribution in [0.3, 0.4) is 0 Å². The maximum atomic E-state index is 13.1. The molecule has 0 bridgehead atoms. The smallest absolute Gasteiger partial charge is 0.462 e. The van der Waals surface area contributed by atoms with Gasteiger partial charge < -0.3 is 33.8 Å². The van der Waals surface area contributed by atoms with Gasteiger partial charge in [-0.15, -0.1) is 0 Å². The number of phosphoric acid groups is 2. The first-order valence-corrected chi connectivity index (χ1v) is 40.5. The van der Waals surface area contributed by atoms with E-state index < -0.39 is 97.5 Å². The van der Waals surface area contributed by atoms with Crippen molar-refractivity contribution in [3.8, 4) is 0 Å². The lowest BCUT2D eigenvalue weighted by Crippen LogP contribution is -2.30. The Morgan fingerprint density at radius 2 is 0.562 bits per heavy atom. The second kappa shape index (κ2) is 69.5. The first-order chi connectivity index (χ1) is 46.7. The summed E-state index contributed by atoms with van der Waals surface area (Å²) in [6.07, 6.45) is 71.1. The highest BCUT2D eigenvalue weighted by molar-refractivity contribution is 7.47. The van der Waals surface area contributed by atoms with E-state index in [-0.39, 0.29) is 25.7 Å². The van der Waals surface area contributed by atoms with Crippen molar-refractivity contribution in [1.29, 1.82) is 0 Å². The summed E-state index contributed by atoms with van der Waals surface area (Å²) >= 11 is 0. The Morgan fingerprint density at radius 1 is 0.302 bits per heavy atom. The van der Waals surface area contributed by atoms with Crippen molar-refractivity contribution in [2.24, 2.45) is 0 Å². The Morgan fingerprint density at radius 3 is 0.885 bits per heavy atom. The molecule has 0 aliphatic heterocycles. The minimum atomic E-state index is -4.98. The van der Waals surface area contributed by atoms with Crippen molar-refractivity contribution >= 4 is 39.5 Å². The molecule has 0 amide bonds. The lowest BCUT2D eigenvalue weighted by atomic mass is 10.1. The monoisotopic (exact) mass is 1390 g/mol. The van der Waals surface area contributed by atoms with Gasteiger partial charge in [0.1, 0.15) is 19.3 Å². The summed E-state index contributed by atoms with van der Waals surface area (Å²) in [6.45, 7) is 4.58. The summed E-state index contributed by atoms with van der Waals surface area (Å²) in [4.78, 5) is 72.8. The lowest BCUT2D eigenvalue weighted by Gasteiger charge is -2.21. The molecule has 0 saturated carbocycles. The maximum absolute atomic E-state index is 13.1. The fourth-order valence-electron chi connectivity index (χ4n) is 9.77. The number of carbonyl (C=O) groups excluding carboxylic acids is 4. The normalized spacial score (nSPS) is 14.5. The number of aliphatic hydroxyl groups excluding tert-OH is 1. The molecule has 0 radical (unpaired) electrons. The second-order valence-corrected chi connectivity index (χ2v) is 27.8. The molecule has 0 fully saturated rings. The first kappa shape index (κ1) is 92.0. The van der Waals surface area contributed by atoms with Crippen molar-refractivity contribution in [2.45, 2.75) is 329 Å². The molecule has 3 N–H and O–H groups in total.